The van der Waals surface area contributed by atoms with E-state index in [9.17, 15) is 8.42 Å². The Labute approximate surface area is 126 Å². The zero-order chi connectivity index (χ0) is 14.9. The van der Waals surface area contributed by atoms with Gasteiger partial charge in [0.05, 0.1) is 17.4 Å². The van der Waals surface area contributed by atoms with E-state index in [1.54, 1.807) is 28.6 Å². The Morgan fingerprint density at radius 1 is 1.05 bits per heavy atom. The van der Waals surface area contributed by atoms with Gasteiger partial charge in [-0.3, -0.25) is 0 Å². The fraction of sp³-hybridized carbons (Fsp3) is 0.562. The van der Waals surface area contributed by atoms with Crippen LogP contribution in [0.5, 0.6) is 0 Å². The molecule has 0 aromatic heterocycles. The first-order valence-electron chi connectivity index (χ1n) is 7.54. The summed E-state index contributed by atoms with van der Waals surface area (Å²) < 4.78 is 27.0. The van der Waals surface area contributed by atoms with Gasteiger partial charge in [0, 0.05) is 13.1 Å². The normalized spacial score (nSPS) is 18.7. The van der Waals surface area contributed by atoms with Crippen LogP contribution in [0, 0.1) is 23.2 Å². The maximum Gasteiger partial charge on any atom is 0.218 e. The molecule has 2 saturated carbocycles. The quantitative estimate of drug-likeness (QED) is 0.777. The van der Waals surface area contributed by atoms with Gasteiger partial charge in [0.1, 0.15) is 0 Å². The Morgan fingerprint density at radius 3 is 2.00 bits per heavy atom. The summed E-state index contributed by atoms with van der Waals surface area (Å²) in [6, 6.07) is 8.88. The summed E-state index contributed by atoms with van der Waals surface area (Å²) in [5, 5.41) is 8.78. The number of benzene rings is 1. The first kappa shape index (κ1) is 14.6. The maximum absolute atomic E-state index is 12.6. The first-order chi connectivity index (χ1) is 10.1. The lowest BCUT2D eigenvalue weighted by molar-refractivity contribution is 0.381. The molecule has 0 spiro atoms. The molecular weight excluding hydrogens is 284 g/mol. The molecule has 0 heterocycles. The fourth-order valence-corrected chi connectivity index (χ4v) is 4.13. The number of rotatable bonds is 7. The highest BCUT2D eigenvalue weighted by Gasteiger charge is 2.34. The Kier molecular flexibility index (Phi) is 4.01. The highest BCUT2D eigenvalue weighted by molar-refractivity contribution is 7.88. The zero-order valence-electron chi connectivity index (χ0n) is 12.0. The van der Waals surface area contributed by atoms with E-state index in [0.29, 0.717) is 30.5 Å². The average Bonchev–Trinajstić information content (AvgIpc) is 3.34. The van der Waals surface area contributed by atoms with Crippen molar-refractivity contribution in [1.82, 2.24) is 4.31 Å². The zero-order valence-corrected chi connectivity index (χ0v) is 12.8. The fourth-order valence-electron chi connectivity index (χ4n) is 2.46. The molecule has 0 aliphatic heterocycles. The van der Waals surface area contributed by atoms with Crippen LogP contribution in [-0.2, 0) is 15.8 Å². The summed E-state index contributed by atoms with van der Waals surface area (Å²) >= 11 is 0. The molecule has 0 amide bonds. The molecule has 1 aromatic rings. The van der Waals surface area contributed by atoms with Crippen molar-refractivity contribution in [1.29, 1.82) is 5.26 Å². The lowest BCUT2D eigenvalue weighted by Crippen LogP contribution is -2.35. The summed E-state index contributed by atoms with van der Waals surface area (Å²) in [5.74, 6) is 1.18. The Hall–Kier alpha value is -1.38. The van der Waals surface area contributed by atoms with Crippen LogP contribution in [0.4, 0.5) is 0 Å². The van der Waals surface area contributed by atoms with Crippen molar-refractivity contribution in [3.05, 3.63) is 35.4 Å². The van der Waals surface area contributed by atoms with Gasteiger partial charge in [-0.2, -0.15) is 5.26 Å². The van der Waals surface area contributed by atoms with E-state index in [0.717, 1.165) is 31.2 Å². The van der Waals surface area contributed by atoms with E-state index in [4.69, 9.17) is 5.26 Å². The summed E-state index contributed by atoms with van der Waals surface area (Å²) in [6.07, 6.45) is 4.64. The van der Waals surface area contributed by atoms with Crippen LogP contribution in [-0.4, -0.2) is 25.8 Å². The summed E-state index contributed by atoms with van der Waals surface area (Å²) in [4.78, 5) is 0. The van der Waals surface area contributed by atoms with Gasteiger partial charge >= 0.3 is 0 Å². The molecule has 0 bridgehead atoms. The van der Waals surface area contributed by atoms with E-state index in [2.05, 4.69) is 0 Å². The van der Waals surface area contributed by atoms with Crippen molar-refractivity contribution >= 4 is 10.0 Å². The van der Waals surface area contributed by atoms with Crippen LogP contribution >= 0.6 is 0 Å². The second kappa shape index (κ2) is 5.78. The van der Waals surface area contributed by atoms with Gasteiger partial charge in [-0.05, 0) is 55.2 Å². The molecule has 0 atom stereocenters. The van der Waals surface area contributed by atoms with Gasteiger partial charge in [-0.15, -0.1) is 0 Å². The van der Waals surface area contributed by atoms with E-state index in [1.807, 2.05) is 6.07 Å². The standard InChI is InChI=1S/C16H20N2O2S/c17-9-13-1-7-16(8-2-13)12-21(19,20)18(10-14-3-4-14)11-15-5-6-15/h1-2,7-8,14-15H,3-6,10-12H2. The summed E-state index contributed by atoms with van der Waals surface area (Å²) in [5.41, 5.74) is 1.31. The third-order valence-electron chi connectivity index (χ3n) is 4.14. The molecule has 2 fully saturated rings. The molecule has 0 radical (unpaired) electrons. The number of nitriles is 1. The van der Waals surface area contributed by atoms with Crippen LogP contribution in [0.3, 0.4) is 0 Å². The molecule has 3 rings (SSSR count). The predicted octanol–water partition coefficient (Wildman–Crippen LogP) is 2.51. The number of hydrogen-bond acceptors (Lipinski definition) is 3. The van der Waals surface area contributed by atoms with Crippen molar-refractivity contribution in [3.63, 3.8) is 0 Å². The highest BCUT2D eigenvalue weighted by atomic mass is 32.2. The van der Waals surface area contributed by atoms with Crippen molar-refractivity contribution in [2.75, 3.05) is 13.1 Å². The van der Waals surface area contributed by atoms with E-state index in [-0.39, 0.29) is 5.75 Å². The minimum atomic E-state index is -3.25. The minimum absolute atomic E-state index is 0.0398. The molecular formula is C16H20N2O2S. The first-order valence-corrected chi connectivity index (χ1v) is 9.14. The molecule has 0 N–H and O–H groups in total. The lowest BCUT2D eigenvalue weighted by Gasteiger charge is -2.22. The molecule has 112 valence electrons. The van der Waals surface area contributed by atoms with Crippen LogP contribution in [0.15, 0.2) is 24.3 Å². The Bertz CT molecular complexity index is 624. The van der Waals surface area contributed by atoms with Gasteiger partial charge in [0.15, 0.2) is 0 Å². The van der Waals surface area contributed by atoms with E-state index in [1.165, 1.54) is 0 Å². The van der Waals surface area contributed by atoms with Gasteiger partial charge in [0.25, 0.3) is 0 Å². The Balaban J connectivity index is 1.70. The van der Waals surface area contributed by atoms with Crippen LogP contribution in [0.2, 0.25) is 0 Å². The SMILES string of the molecule is N#Cc1ccc(CS(=O)(=O)N(CC2CC2)CC2CC2)cc1. The second-order valence-electron chi connectivity index (χ2n) is 6.27. The topological polar surface area (TPSA) is 61.2 Å². The third-order valence-corrected chi connectivity index (χ3v) is 5.93. The van der Waals surface area contributed by atoms with Crippen LogP contribution < -0.4 is 0 Å². The molecule has 1 aromatic carbocycles. The third kappa shape index (κ3) is 4.05. The maximum atomic E-state index is 12.6. The van der Waals surface area contributed by atoms with E-state index >= 15 is 0 Å². The molecule has 21 heavy (non-hydrogen) atoms. The van der Waals surface area contributed by atoms with Crippen molar-refractivity contribution < 1.29 is 8.42 Å². The van der Waals surface area contributed by atoms with Crippen molar-refractivity contribution in [2.24, 2.45) is 11.8 Å². The molecule has 2 aliphatic carbocycles. The highest BCUT2D eigenvalue weighted by Crippen LogP contribution is 2.35. The van der Waals surface area contributed by atoms with Crippen molar-refractivity contribution in [3.8, 4) is 6.07 Å². The number of sulfonamides is 1. The Morgan fingerprint density at radius 2 is 1.57 bits per heavy atom. The van der Waals surface area contributed by atoms with Gasteiger partial charge in [-0.1, -0.05) is 12.1 Å². The van der Waals surface area contributed by atoms with Gasteiger partial charge in [0.2, 0.25) is 10.0 Å². The minimum Gasteiger partial charge on any atom is -0.212 e. The summed E-state index contributed by atoms with van der Waals surface area (Å²) in [7, 11) is -3.25. The monoisotopic (exact) mass is 304 g/mol. The summed E-state index contributed by atoms with van der Waals surface area (Å²) in [6.45, 7) is 1.38. The lowest BCUT2D eigenvalue weighted by atomic mass is 10.2. The molecule has 2 aliphatic rings. The second-order valence-corrected chi connectivity index (χ2v) is 8.24. The smallest absolute Gasteiger partial charge is 0.212 e. The number of hydrogen-bond donors (Lipinski definition) is 0. The van der Waals surface area contributed by atoms with Crippen molar-refractivity contribution in [2.45, 2.75) is 31.4 Å². The number of nitrogens with zero attached hydrogens (tertiary/aromatic N) is 2. The average molecular weight is 304 g/mol. The van der Waals surface area contributed by atoms with Crippen LogP contribution in [0.25, 0.3) is 0 Å². The molecule has 5 heteroatoms. The molecule has 0 saturated heterocycles. The predicted molar refractivity (Wildman–Crippen MR) is 80.8 cm³/mol. The molecule has 4 nitrogen and oxygen atoms in total. The van der Waals surface area contributed by atoms with Gasteiger partial charge < -0.3 is 0 Å². The largest absolute Gasteiger partial charge is 0.218 e. The molecule has 0 unspecified atom stereocenters. The van der Waals surface area contributed by atoms with Gasteiger partial charge in [-0.25, -0.2) is 12.7 Å². The van der Waals surface area contributed by atoms with Crippen LogP contribution in [0.1, 0.15) is 36.8 Å². The van der Waals surface area contributed by atoms with E-state index < -0.39 is 10.0 Å².